The van der Waals surface area contributed by atoms with E-state index >= 15 is 0 Å². The van der Waals surface area contributed by atoms with Gasteiger partial charge in [-0.15, -0.1) is 0 Å². The number of aliphatic hydroxyl groups excluding tert-OH is 1. The van der Waals surface area contributed by atoms with Crippen LogP contribution in [0.4, 0.5) is 0 Å². The number of allylic oxidation sites excluding steroid dienone is 3. The Labute approximate surface area is 347 Å². The normalized spacial score (nSPS) is 14.5. The minimum Gasteiger partial charge on any atom is -0.756 e. The number of nitrogens with one attached hydrogen (secondary N) is 1. The molecule has 0 aliphatic carbocycles. The molecule has 0 rings (SSSR count). The number of carbonyl (C=O) groups is 1. The van der Waals surface area contributed by atoms with E-state index in [-0.39, 0.29) is 19.1 Å². The Hall–Kier alpha value is -1.02. The molecule has 0 heterocycles. The first-order valence-electron chi connectivity index (χ1n) is 23.7. The van der Waals surface area contributed by atoms with Gasteiger partial charge in [0.1, 0.15) is 13.2 Å². The molecule has 3 unspecified atom stereocenters. The summed E-state index contributed by atoms with van der Waals surface area (Å²) in [5.41, 5.74) is 0. The quantitative estimate of drug-likeness (QED) is 0.0275. The van der Waals surface area contributed by atoms with Gasteiger partial charge in [-0.1, -0.05) is 205 Å². The van der Waals surface area contributed by atoms with Crippen LogP contribution in [0, 0.1) is 0 Å². The summed E-state index contributed by atoms with van der Waals surface area (Å²) in [6.07, 6.45) is 46.8. The van der Waals surface area contributed by atoms with Crippen LogP contribution in [0.1, 0.15) is 219 Å². The monoisotopic (exact) mass is 813 g/mol. The molecule has 0 spiro atoms. The minimum absolute atomic E-state index is 0.00441. The van der Waals surface area contributed by atoms with E-state index in [9.17, 15) is 19.4 Å². The highest BCUT2D eigenvalue weighted by Crippen LogP contribution is 2.38. The maximum Gasteiger partial charge on any atom is 0.268 e. The fraction of sp³-hybridized carbons (Fsp3) is 0.894. The summed E-state index contributed by atoms with van der Waals surface area (Å²) in [4.78, 5) is 25.2. The molecule has 0 aromatic carbocycles. The lowest BCUT2D eigenvalue weighted by Gasteiger charge is -2.29. The Bertz CT molecular complexity index is 969. The van der Waals surface area contributed by atoms with E-state index in [0.29, 0.717) is 17.4 Å². The van der Waals surface area contributed by atoms with Gasteiger partial charge in [-0.3, -0.25) is 9.36 Å². The highest BCUT2D eigenvalue weighted by molar-refractivity contribution is 7.45. The first kappa shape index (κ1) is 55.0. The molecule has 56 heavy (non-hydrogen) atoms. The molecule has 1 amide bonds. The summed E-state index contributed by atoms with van der Waals surface area (Å²) in [6.45, 7) is 4.62. The average Bonchev–Trinajstić information content (AvgIpc) is 3.15. The van der Waals surface area contributed by atoms with Crippen LogP contribution in [-0.4, -0.2) is 68.5 Å². The molecule has 0 aromatic heterocycles. The second kappa shape index (κ2) is 39.4. The average molecular weight is 813 g/mol. The highest BCUT2D eigenvalue weighted by atomic mass is 31.2. The lowest BCUT2D eigenvalue weighted by molar-refractivity contribution is -0.870. The second-order valence-electron chi connectivity index (χ2n) is 17.5. The molecule has 0 aliphatic heterocycles. The molecule has 0 fully saturated rings. The fourth-order valence-corrected chi connectivity index (χ4v) is 7.60. The third-order valence-electron chi connectivity index (χ3n) is 10.7. The number of rotatable bonds is 43. The number of phosphoric acid groups is 1. The third kappa shape index (κ3) is 41.2. The zero-order valence-electron chi connectivity index (χ0n) is 37.6. The van der Waals surface area contributed by atoms with E-state index in [0.717, 1.165) is 38.5 Å². The maximum absolute atomic E-state index is 12.8. The van der Waals surface area contributed by atoms with E-state index in [2.05, 4.69) is 31.3 Å². The van der Waals surface area contributed by atoms with Crippen molar-refractivity contribution in [3.05, 3.63) is 24.3 Å². The Balaban J connectivity index is 4.28. The van der Waals surface area contributed by atoms with Gasteiger partial charge in [-0.05, 0) is 32.1 Å². The molecule has 9 heteroatoms. The van der Waals surface area contributed by atoms with Crippen LogP contribution in [0.3, 0.4) is 0 Å². The summed E-state index contributed by atoms with van der Waals surface area (Å²) < 4.78 is 23.2. The Morgan fingerprint density at radius 3 is 1.45 bits per heavy atom. The summed E-state index contributed by atoms with van der Waals surface area (Å²) in [5, 5.41) is 13.7. The Morgan fingerprint density at radius 2 is 1.00 bits per heavy atom. The van der Waals surface area contributed by atoms with E-state index in [1.54, 1.807) is 6.08 Å². The smallest absolute Gasteiger partial charge is 0.268 e. The number of amides is 1. The third-order valence-corrected chi connectivity index (χ3v) is 11.6. The van der Waals surface area contributed by atoms with Crippen molar-refractivity contribution in [3.63, 3.8) is 0 Å². The number of hydrogen-bond donors (Lipinski definition) is 2. The lowest BCUT2D eigenvalue weighted by atomic mass is 10.0. The van der Waals surface area contributed by atoms with Crippen LogP contribution in [0.5, 0.6) is 0 Å². The van der Waals surface area contributed by atoms with Crippen molar-refractivity contribution < 1.29 is 32.9 Å². The molecule has 0 saturated carbocycles. The molecule has 0 saturated heterocycles. The summed E-state index contributed by atoms with van der Waals surface area (Å²) in [6, 6.07) is -0.897. The molecule has 2 N–H and O–H groups in total. The largest absolute Gasteiger partial charge is 0.756 e. The van der Waals surface area contributed by atoms with Crippen molar-refractivity contribution in [1.82, 2.24) is 5.32 Å². The van der Waals surface area contributed by atoms with Crippen molar-refractivity contribution in [1.29, 1.82) is 0 Å². The predicted octanol–water partition coefficient (Wildman–Crippen LogP) is 12.7. The summed E-state index contributed by atoms with van der Waals surface area (Å²) in [5.74, 6) is -0.209. The summed E-state index contributed by atoms with van der Waals surface area (Å²) in [7, 11) is 1.25. The van der Waals surface area contributed by atoms with Crippen LogP contribution in [0.25, 0.3) is 0 Å². The van der Waals surface area contributed by atoms with Crippen LogP contribution < -0.4 is 10.2 Å². The van der Waals surface area contributed by atoms with Gasteiger partial charge in [0.15, 0.2) is 0 Å². The van der Waals surface area contributed by atoms with Crippen molar-refractivity contribution in [3.8, 4) is 0 Å². The first-order valence-corrected chi connectivity index (χ1v) is 25.2. The van der Waals surface area contributed by atoms with Crippen LogP contribution >= 0.6 is 7.82 Å². The molecule has 0 aromatic rings. The van der Waals surface area contributed by atoms with Gasteiger partial charge in [0.25, 0.3) is 7.82 Å². The van der Waals surface area contributed by atoms with Crippen molar-refractivity contribution in [2.24, 2.45) is 0 Å². The van der Waals surface area contributed by atoms with Gasteiger partial charge in [0.2, 0.25) is 5.91 Å². The van der Waals surface area contributed by atoms with Gasteiger partial charge in [0.05, 0.1) is 39.9 Å². The zero-order chi connectivity index (χ0) is 41.4. The standard InChI is InChI=1S/C47H93N2O6P/c1-6-8-10-12-14-16-18-19-20-21-22-23-24-25-26-27-28-29-30-31-32-34-36-38-40-46(50)45(44-55-56(52,53)54-43-42-49(3,4)5)48-47(51)41-39-37-35-33-17-15-13-11-9-7-2/h31-32,38,40,45-46,50H,6-30,33-37,39,41-44H2,1-5H3,(H-,48,51,52,53)/b32-31+,40-38+. The van der Waals surface area contributed by atoms with E-state index < -0.39 is 20.0 Å². The van der Waals surface area contributed by atoms with Gasteiger partial charge in [0, 0.05) is 6.42 Å². The molecule has 3 atom stereocenters. The molecular formula is C47H93N2O6P. The Morgan fingerprint density at radius 1 is 0.607 bits per heavy atom. The van der Waals surface area contributed by atoms with Gasteiger partial charge < -0.3 is 28.8 Å². The van der Waals surface area contributed by atoms with Gasteiger partial charge in [-0.2, -0.15) is 0 Å². The fourth-order valence-electron chi connectivity index (χ4n) is 6.87. The van der Waals surface area contributed by atoms with Crippen LogP contribution in [0.2, 0.25) is 0 Å². The number of hydrogen-bond acceptors (Lipinski definition) is 6. The number of likely N-dealkylation sites (N-methyl/N-ethyl adjacent to an activating group) is 1. The number of quaternary nitrogens is 1. The van der Waals surface area contributed by atoms with Crippen molar-refractivity contribution >= 4 is 13.7 Å². The number of aliphatic hydroxyl groups is 1. The SMILES string of the molecule is CCCCCCCCCCCCCCCCCCCC/C=C/CC/C=C/C(O)C(COP(=O)([O-])OCC[N+](C)(C)C)NC(=O)CCCCCCCCCCCC. The molecular weight excluding hydrogens is 719 g/mol. The van der Waals surface area contributed by atoms with E-state index in [1.165, 1.54) is 161 Å². The van der Waals surface area contributed by atoms with Gasteiger partial charge in [-0.25, -0.2) is 0 Å². The Kier molecular flexibility index (Phi) is 38.7. The van der Waals surface area contributed by atoms with E-state index in [4.69, 9.17) is 9.05 Å². The number of phosphoric ester groups is 1. The minimum atomic E-state index is -4.59. The van der Waals surface area contributed by atoms with E-state index in [1.807, 2.05) is 27.2 Å². The van der Waals surface area contributed by atoms with Gasteiger partial charge >= 0.3 is 0 Å². The zero-order valence-corrected chi connectivity index (χ0v) is 38.5. The second-order valence-corrected chi connectivity index (χ2v) is 18.9. The first-order chi connectivity index (χ1) is 27.0. The summed E-state index contributed by atoms with van der Waals surface area (Å²) >= 11 is 0. The van der Waals surface area contributed by atoms with Crippen molar-refractivity contribution in [2.75, 3.05) is 40.9 Å². The van der Waals surface area contributed by atoms with Crippen molar-refractivity contribution in [2.45, 2.75) is 231 Å². The van der Waals surface area contributed by atoms with Crippen LogP contribution in [-0.2, 0) is 18.4 Å². The highest BCUT2D eigenvalue weighted by Gasteiger charge is 2.23. The molecule has 0 aliphatic rings. The maximum atomic E-state index is 12.8. The predicted molar refractivity (Wildman–Crippen MR) is 238 cm³/mol. The number of carbonyl (C=O) groups excluding carboxylic acids is 1. The lowest BCUT2D eigenvalue weighted by Crippen LogP contribution is -2.45. The number of nitrogens with zero attached hydrogens (tertiary/aromatic N) is 1. The molecule has 0 radical (unpaired) electrons. The molecule has 0 bridgehead atoms. The topological polar surface area (TPSA) is 108 Å². The number of unbranched alkanes of at least 4 members (excludes halogenated alkanes) is 28. The molecule has 8 nitrogen and oxygen atoms in total. The van der Waals surface area contributed by atoms with Crippen LogP contribution in [0.15, 0.2) is 24.3 Å². The molecule has 332 valence electrons.